The summed E-state index contributed by atoms with van der Waals surface area (Å²) in [6, 6.07) is 16.0. The van der Waals surface area contributed by atoms with E-state index in [4.69, 9.17) is 0 Å². The van der Waals surface area contributed by atoms with E-state index in [0.717, 1.165) is 5.56 Å². The van der Waals surface area contributed by atoms with E-state index in [-0.39, 0.29) is 23.4 Å². The summed E-state index contributed by atoms with van der Waals surface area (Å²) in [6.45, 7) is 2.23. The molecule has 0 bridgehead atoms. The first-order chi connectivity index (χ1) is 13.5. The van der Waals surface area contributed by atoms with E-state index < -0.39 is 10.8 Å². The van der Waals surface area contributed by atoms with Crippen LogP contribution in [0.4, 0.5) is 5.69 Å². The fraction of sp³-hybridized carbons (Fsp3) is 0.182. The Morgan fingerprint density at radius 1 is 0.964 bits per heavy atom. The molecule has 4 rings (SSSR count). The van der Waals surface area contributed by atoms with Gasteiger partial charge in [-0.3, -0.25) is 14.7 Å². The van der Waals surface area contributed by atoms with Crippen molar-refractivity contribution in [3.8, 4) is 11.8 Å². The van der Waals surface area contributed by atoms with Gasteiger partial charge in [-0.15, -0.1) is 0 Å². The van der Waals surface area contributed by atoms with Gasteiger partial charge in [-0.05, 0) is 5.56 Å². The lowest BCUT2D eigenvalue weighted by Crippen LogP contribution is -2.09. The third-order valence-electron chi connectivity index (χ3n) is 5.29. The molecule has 0 radical (unpaired) electrons. The lowest BCUT2D eigenvalue weighted by Gasteiger charge is -2.21. The second-order valence-electron chi connectivity index (χ2n) is 7.01. The Kier molecular flexibility index (Phi) is 4.39. The molecule has 0 saturated heterocycles. The van der Waals surface area contributed by atoms with Crippen LogP contribution >= 0.6 is 0 Å². The first kappa shape index (κ1) is 17.9. The Balaban J connectivity index is 1.87. The third kappa shape index (κ3) is 2.83. The van der Waals surface area contributed by atoms with Gasteiger partial charge in [-0.1, -0.05) is 67.6 Å². The molecule has 2 unspecified atom stereocenters. The van der Waals surface area contributed by atoms with Crippen molar-refractivity contribution >= 4 is 5.69 Å². The average molecular weight is 376 g/mol. The highest BCUT2D eigenvalue weighted by Crippen LogP contribution is 2.49. The van der Waals surface area contributed by atoms with Crippen LogP contribution < -0.4 is 0 Å². The molecule has 0 amide bonds. The number of fused-ring (bicyclic) bond motifs is 1. The summed E-state index contributed by atoms with van der Waals surface area (Å²) in [4.78, 5) is 11.1. The van der Waals surface area contributed by atoms with E-state index in [9.17, 15) is 20.3 Å². The molecule has 1 aliphatic rings. The maximum atomic E-state index is 11.5. The van der Waals surface area contributed by atoms with Gasteiger partial charge in [0.15, 0.2) is 11.8 Å². The van der Waals surface area contributed by atoms with Crippen LogP contribution in [0.2, 0.25) is 0 Å². The molecule has 28 heavy (non-hydrogen) atoms. The quantitative estimate of drug-likeness (QED) is 0.394. The highest BCUT2D eigenvalue weighted by molar-refractivity contribution is 5.60. The van der Waals surface area contributed by atoms with E-state index in [1.54, 1.807) is 18.2 Å². The number of nitro groups is 1. The minimum Gasteiger partial charge on any atom is -0.494 e. The molecule has 0 spiro atoms. The van der Waals surface area contributed by atoms with Gasteiger partial charge < -0.3 is 10.2 Å². The SMILES string of the molecule is CC1C=CC(c2ccccc2[N+](=O)[O-])c2c1c(O)n(Cc1ccccc1)c2O. The summed E-state index contributed by atoms with van der Waals surface area (Å²) in [5.41, 5.74) is 2.55. The number of hydrogen-bond donors (Lipinski definition) is 2. The minimum atomic E-state index is -0.504. The fourth-order valence-corrected chi connectivity index (χ4v) is 3.95. The molecule has 1 heterocycles. The molecule has 0 fully saturated rings. The third-order valence-corrected chi connectivity index (χ3v) is 5.29. The lowest BCUT2D eigenvalue weighted by atomic mass is 9.81. The van der Waals surface area contributed by atoms with Crippen molar-refractivity contribution in [1.29, 1.82) is 0 Å². The number of para-hydroxylation sites is 1. The van der Waals surface area contributed by atoms with Gasteiger partial charge in [-0.2, -0.15) is 0 Å². The Morgan fingerprint density at radius 2 is 1.61 bits per heavy atom. The molecule has 2 N–H and O–H groups in total. The average Bonchev–Trinajstić information content (AvgIpc) is 2.95. The van der Waals surface area contributed by atoms with Crippen LogP contribution in [-0.2, 0) is 6.54 Å². The monoisotopic (exact) mass is 376 g/mol. The number of rotatable bonds is 4. The van der Waals surface area contributed by atoms with Crippen LogP contribution in [-0.4, -0.2) is 19.7 Å². The summed E-state index contributed by atoms with van der Waals surface area (Å²) in [5, 5.41) is 33.4. The smallest absolute Gasteiger partial charge is 0.273 e. The molecule has 2 aromatic carbocycles. The van der Waals surface area contributed by atoms with Gasteiger partial charge >= 0.3 is 0 Å². The largest absolute Gasteiger partial charge is 0.494 e. The van der Waals surface area contributed by atoms with E-state index in [2.05, 4.69) is 0 Å². The van der Waals surface area contributed by atoms with Crippen LogP contribution in [0.3, 0.4) is 0 Å². The Bertz CT molecular complexity index is 1070. The fourth-order valence-electron chi connectivity index (χ4n) is 3.95. The molecule has 6 heteroatoms. The molecule has 1 aromatic heterocycles. The van der Waals surface area contributed by atoms with Crippen molar-refractivity contribution in [1.82, 2.24) is 4.57 Å². The normalized spacial score (nSPS) is 18.0. The van der Waals surface area contributed by atoms with Crippen molar-refractivity contribution < 1.29 is 15.1 Å². The van der Waals surface area contributed by atoms with Gasteiger partial charge in [0.05, 0.1) is 11.5 Å². The number of allylic oxidation sites excluding steroid dienone is 2. The Morgan fingerprint density at radius 3 is 2.32 bits per heavy atom. The predicted molar refractivity (Wildman–Crippen MR) is 106 cm³/mol. The lowest BCUT2D eigenvalue weighted by molar-refractivity contribution is -0.385. The molecule has 0 saturated carbocycles. The van der Waals surface area contributed by atoms with Crippen molar-refractivity contribution in [3.63, 3.8) is 0 Å². The summed E-state index contributed by atoms with van der Waals surface area (Å²) >= 11 is 0. The maximum Gasteiger partial charge on any atom is 0.273 e. The first-order valence-corrected chi connectivity index (χ1v) is 9.08. The molecule has 0 aliphatic heterocycles. The van der Waals surface area contributed by atoms with Crippen LogP contribution in [0, 0.1) is 10.1 Å². The number of aromatic nitrogens is 1. The number of benzene rings is 2. The molecular weight excluding hydrogens is 356 g/mol. The number of nitro benzene ring substituents is 1. The second-order valence-corrected chi connectivity index (χ2v) is 7.01. The van der Waals surface area contributed by atoms with Gasteiger partial charge in [0.1, 0.15) is 0 Å². The summed E-state index contributed by atoms with van der Waals surface area (Å²) in [6.07, 6.45) is 3.77. The molecule has 2 atom stereocenters. The van der Waals surface area contributed by atoms with E-state index in [0.29, 0.717) is 23.2 Å². The topological polar surface area (TPSA) is 88.5 Å². The highest BCUT2D eigenvalue weighted by atomic mass is 16.6. The molecule has 142 valence electrons. The van der Waals surface area contributed by atoms with E-state index >= 15 is 0 Å². The predicted octanol–water partition coefficient (Wildman–Crippen LogP) is 4.66. The van der Waals surface area contributed by atoms with E-state index in [1.807, 2.05) is 49.4 Å². The molecule has 3 aromatic rings. The zero-order valence-electron chi connectivity index (χ0n) is 15.3. The van der Waals surface area contributed by atoms with Crippen LogP contribution in [0.15, 0.2) is 66.7 Å². The molecule has 1 aliphatic carbocycles. The van der Waals surface area contributed by atoms with Crippen molar-refractivity contribution in [2.75, 3.05) is 0 Å². The zero-order chi connectivity index (χ0) is 19.8. The summed E-state index contributed by atoms with van der Waals surface area (Å²) in [5.74, 6) is -0.680. The standard InChI is InChI=1S/C22H20N2O4/c1-14-11-12-17(16-9-5-6-10-18(16)24(27)28)20-19(14)21(25)23(22(20)26)13-15-7-3-2-4-8-15/h2-12,14,17,25-26H,13H2,1H3. The summed E-state index contributed by atoms with van der Waals surface area (Å²) < 4.78 is 1.46. The van der Waals surface area contributed by atoms with Gasteiger partial charge in [0.25, 0.3) is 5.69 Å². The highest BCUT2D eigenvalue weighted by Gasteiger charge is 2.35. The van der Waals surface area contributed by atoms with Crippen molar-refractivity contribution in [2.24, 2.45) is 0 Å². The number of hydrogen-bond acceptors (Lipinski definition) is 4. The van der Waals surface area contributed by atoms with E-state index in [1.165, 1.54) is 10.6 Å². The van der Waals surface area contributed by atoms with Crippen molar-refractivity contribution in [3.05, 3.63) is 99.1 Å². The second kappa shape index (κ2) is 6.88. The summed E-state index contributed by atoms with van der Waals surface area (Å²) in [7, 11) is 0. The van der Waals surface area contributed by atoms with Crippen LogP contribution in [0.25, 0.3) is 0 Å². The number of aromatic hydroxyl groups is 2. The van der Waals surface area contributed by atoms with Gasteiger partial charge in [0.2, 0.25) is 0 Å². The minimum absolute atomic E-state index is 0.00297. The Labute approximate surface area is 162 Å². The molecule has 6 nitrogen and oxygen atoms in total. The van der Waals surface area contributed by atoms with Crippen LogP contribution in [0.1, 0.15) is 41.0 Å². The van der Waals surface area contributed by atoms with Gasteiger partial charge in [0, 0.05) is 34.6 Å². The maximum absolute atomic E-state index is 11.5. The van der Waals surface area contributed by atoms with Gasteiger partial charge in [-0.25, -0.2) is 0 Å². The molecular formula is C22H20N2O4. The van der Waals surface area contributed by atoms with Crippen molar-refractivity contribution in [2.45, 2.75) is 25.3 Å². The number of nitrogens with zero attached hydrogens (tertiary/aromatic N) is 2. The Hall–Kier alpha value is -3.54. The first-order valence-electron chi connectivity index (χ1n) is 9.08. The van der Waals surface area contributed by atoms with Crippen LogP contribution in [0.5, 0.6) is 11.8 Å². The zero-order valence-corrected chi connectivity index (χ0v) is 15.3.